The van der Waals surface area contributed by atoms with Crippen LogP contribution in [0, 0.1) is 0 Å². The molecule has 0 fully saturated rings. The van der Waals surface area contributed by atoms with E-state index in [0.717, 1.165) is 22.5 Å². The second-order valence-corrected chi connectivity index (χ2v) is 3.25. The van der Waals surface area contributed by atoms with Crippen LogP contribution in [0.3, 0.4) is 0 Å². The van der Waals surface area contributed by atoms with E-state index in [0.29, 0.717) is 0 Å². The average Bonchev–Trinajstić information content (AvgIpc) is 2.19. The lowest BCUT2D eigenvalue weighted by Crippen LogP contribution is -1.86. The molecule has 15 heavy (non-hydrogen) atoms. The lowest BCUT2D eigenvalue weighted by Gasteiger charge is -2.02. The Morgan fingerprint density at radius 2 is 1.33 bits per heavy atom. The highest BCUT2D eigenvalue weighted by Gasteiger charge is 1.96. The van der Waals surface area contributed by atoms with Gasteiger partial charge in [-0.05, 0) is 35.4 Å². The van der Waals surface area contributed by atoms with Crippen LogP contribution in [-0.2, 0) is 0 Å². The van der Waals surface area contributed by atoms with Crippen molar-refractivity contribution in [2.24, 2.45) is 0 Å². The summed E-state index contributed by atoms with van der Waals surface area (Å²) >= 11 is 0. The van der Waals surface area contributed by atoms with Crippen LogP contribution < -0.4 is 11.5 Å². The molecule has 2 aromatic carbocycles. The van der Waals surface area contributed by atoms with Gasteiger partial charge in [-0.1, -0.05) is 31.7 Å². The molecule has 78 valence electrons. The molecule has 0 bridgehead atoms. The van der Waals surface area contributed by atoms with Gasteiger partial charge in [-0.15, -0.1) is 0 Å². The van der Waals surface area contributed by atoms with Crippen molar-refractivity contribution in [3.05, 3.63) is 48.5 Å². The maximum absolute atomic E-state index is 5.70. The van der Waals surface area contributed by atoms with Crippen molar-refractivity contribution in [1.82, 2.24) is 0 Å². The van der Waals surface area contributed by atoms with E-state index in [9.17, 15) is 0 Å². The average molecular weight is 200 g/mol. The number of benzene rings is 2. The fourth-order valence-corrected chi connectivity index (χ4v) is 1.39. The molecular formula is C13H16N2. The lowest BCUT2D eigenvalue weighted by atomic mass is 10.1. The van der Waals surface area contributed by atoms with Gasteiger partial charge in [0, 0.05) is 11.4 Å². The highest BCUT2D eigenvalue weighted by molar-refractivity contribution is 5.68. The van der Waals surface area contributed by atoms with Crippen molar-refractivity contribution >= 4 is 11.4 Å². The SMILES string of the molecule is C.Nc1ccc(-c2cccc(N)c2)cc1. The van der Waals surface area contributed by atoms with Crippen LogP contribution in [0.4, 0.5) is 11.4 Å². The summed E-state index contributed by atoms with van der Waals surface area (Å²) in [6.07, 6.45) is 0. The van der Waals surface area contributed by atoms with E-state index in [1.54, 1.807) is 0 Å². The summed E-state index contributed by atoms with van der Waals surface area (Å²) in [5.74, 6) is 0. The van der Waals surface area contributed by atoms with Gasteiger partial charge >= 0.3 is 0 Å². The van der Waals surface area contributed by atoms with Crippen LogP contribution in [0.2, 0.25) is 0 Å². The van der Waals surface area contributed by atoms with Crippen LogP contribution in [0.15, 0.2) is 48.5 Å². The lowest BCUT2D eigenvalue weighted by molar-refractivity contribution is 1.61. The van der Waals surface area contributed by atoms with Gasteiger partial charge in [-0.25, -0.2) is 0 Å². The largest absolute Gasteiger partial charge is 0.399 e. The number of rotatable bonds is 1. The van der Waals surface area contributed by atoms with Gasteiger partial charge in [0.05, 0.1) is 0 Å². The first-order valence-corrected chi connectivity index (χ1v) is 4.47. The van der Waals surface area contributed by atoms with Gasteiger partial charge in [0.1, 0.15) is 0 Å². The van der Waals surface area contributed by atoms with E-state index in [2.05, 4.69) is 0 Å². The molecule has 0 aliphatic heterocycles. The van der Waals surface area contributed by atoms with Crippen LogP contribution in [0.1, 0.15) is 7.43 Å². The second-order valence-electron chi connectivity index (χ2n) is 3.25. The maximum Gasteiger partial charge on any atom is 0.0320 e. The molecule has 0 radical (unpaired) electrons. The van der Waals surface area contributed by atoms with E-state index < -0.39 is 0 Å². The zero-order valence-electron chi connectivity index (χ0n) is 7.77. The predicted octanol–water partition coefficient (Wildman–Crippen LogP) is 3.15. The fraction of sp³-hybridized carbons (Fsp3) is 0.0769. The molecule has 0 amide bonds. The molecular weight excluding hydrogens is 184 g/mol. The molecule has 0 aliphatic carbocycles. The highest BCUT2D eigenvalue weighted by atomic mass is 14.5. The molecule has 0 saturated carbocycles. The number of anilines is 2. The minimum atomic E-state index is 0. The number of hydrogen-bond acceptors (Lipinski definition) is 2. The zero-order chi connectivity index (χ0) is 9.97. The van der Waals surface area contributed by atoms with Gasteiger partial charge < -0.3 is 11.5 Å². The third-order valence-corrected chi connectivity index (χ3v) is 2.13. The Morgan fingerprint density at radius 3 is 1.93 bits per heavy atom. The van der Waals surface area contributed by atoms with Crippen LogP contribution in [-0.4, -0.2) is 0 Å². The molecule has 0 aromatic heterocycles. The maximum atomic E-state index is 5.70. The summed E-state index contributed by atoms with van der Waals surface area (Å²) in [6, 6.07) is 15.6. The molecule has 0 spiro atoms. The van der Waals surface area contributed by atoms with Gasteiger partial charge in [-0.2, -0.15) is 0 Å². The summed E-state index contributed by atoms with van der Waals surface area (Å²) in [5.41, 5.74) is 15.1. The van der Waals surface area contributed by atoms with E-state index in [1.165, 1.54) is 0 Å². The normalized spacial score (nSPS) is 9.33. The smallest absolute Gasteiger partial charge is 0.0320 e. The Bertz CT molecular complexity index is 433. The van der Waals surface area contributed by atoms with E-state index in [-0.39, 0.29) is 7.43 Å². The highest BCUT2D eigenvalue weighted by Crippen LogP contribution is 2.22. The molecule has 2 nitrogen and oxygen atoms in total. The van der Waals surface area contributed by atoms with Crippen molar-refractivity contribution in [1.29, 1.82) is 0 Å². The first-order chi connectivity index (χ1) is 6.75. The second kappa shape index (κ2) is 4.51. The molecule has 2 rings (SSSR count). The van der Waals surface area contributed by atoms with Crippen LogP contribution in [0.5, 0.6) is 0 Å². The Labute approximate surface area is 90.5 Å². The van der Waals surface area contributed by atoms with E-state index in [4.69, 9.17) is 11.5 Å². The summed E-state index contributed by atoms with van der Waals surface area (Å²) in [7, 11) is 0. The third kappa shape index (κ3) is 2.50. The van der Waals surface area contributed by atoms with Crippen molar-refractivity contribution < 1.29 is 0 Å². The molecule has 0 heterocycles. The molecule has 4 N–H and O–H groups in total. The van der Waals surface area contributed by atoms with Gasteiger partial charge in [0.25, 0.3) is 0 Å². The zero-order valence-corrected chi connectivity index (χ0v) is 7.77. The van der Waals surface area contributed by atoms with Crippen LogP contribution in [0.25, 0.3) is 11.1 Å². The Morgan fingerprint density at radius 1 is 0.667 bits per heavy atom. The summed E-state index contributed by atoms with van der Waals surface area (Å²) in [4.78, 5) is 0. The Kier molecular flexibility index (Phi) is 3.34. The molecule has 0 unspecified atom stereocenters. The van der Waals surface area contributed by atoms with Crippen molar-refractivity contribution in [3.8, 4) is 11.1 Å². The Balaban J connectivity index is 0.00000112. The molecule has 2 heteroatoms. The standard InChI is InChI=1S/C12H12N2.CH4/c13-11-6-4-9(5-7-11)10-2-1-3-12(14)8-10;/h1-8H,13-14H2;1H4. The van der Waals surface area contributed by atoms with Crippen LogP contribution >= 0.6 is 0 Å². The summed E-state index contributed by atoms with van der Waals surface area (Å²) < 4.78 is 0. The number of nitrogens with two attached hydrogens (primary N) is 2. The number of nitrogen functional groups attached to an aromatic ring is 2. The fourth-order valence-electron chi connectivity index (χ4n) is 1.39. The van der Waals surface area contributed by atoms with Crippen molar-refractivity contribution in [2.75, 3.05) is 11.5 Å². The third-order valence-electron chi connectivity index (χ3n) is 2.13. The summed E-state index contributed by atoms with van der Waals surface area (Å²) in [5, 5.41) is 0. The monoisotopic (exact) mass is 200 g/mol. The van der Waals surface area contributed by atoms with E-state index >= 15 is 0 Å². The summed E-state index contributed by atoms with van der Waals surface area (Å²) in [6.45, 7) is 0. The molecule has 0 atom stereocenters. The van der Waals surface area contributed by atoms with Gasteiger partial charge in [-0.3, -0.25) is 0 Å². The first kappa shape index (κ1) is 11.1. The first-order valence-electron chi connectivity index (χ1n) is 4.47. The van der Waals surface area contributed by atoms with Crippen molar-refractivity contribution in [2.45, 2.75) is 7.43 Å². The quantitative estimate of drug-likeness (QED) is 0.695. The predicted molar refractivity (Wildman–Crippen MR) is 67.4 cm³/mol. The molecule has 0 aliphatic rings. The van der Waals surface area contributed by atoms with Crippen molar-refractivity contribution in [3.63, 3.8) is 0 Å². The molecule has 0 saturated heterocycles. The number of hydrogen-bond donors (Lipinski definition) is 2. The van der Waals surface area contributed by atoms with Gasteiger partial charge in [0.2, 0.25) is 0 Å². The van der Waals surface area contributed by atoms with Gasteiger partial charge in [0.15, 0.2) is 0 Å². The molecule has 2 aromatic rings. The minimum Gasteiger partial charge on any atom is -0.399 e. The topological polar surface area (TPSA) is 52.0 Å². The Hall–Kier alpha value is -1.96. The van der Waals surface area contributed by atoms with E-state index in [1.807, 2.05) is 48.5 Å². The minimum absolute atomic E-state index is 0.